The molecule has 0 amide bonds. The summed E-state index contributed by atoms with van der Waals surface area (Å²) in [5.74, 6) is 0. The predicted octanol–water partition coefficient (Wildman–Crippen LogP) is 2.17. The smallest absolute Gasteiger partial charge is 0.175 e. The van der Waals surface area contributed by atoms with E-state index in [9.17, 15) is 8.42 Å². The molecule has 2 heterocycles. The van der Waals surface area contributed by atoms with Gasteiger partial charge in [0.25, 0.3) is 0 Å². The van der Waals surface area contributed by atoms with Gasteiger partial charge in [0.15, 0.2) is 9.84 Å². The van der Waals surface area contributed by atoms with Crippen LogP contribution in [0.2, 0.25) is 0 Å². The van der Waals surface area contributed by atoms with E-state index in [4.69, 9.17) is 5.73 Å². The maximum atomic E-state index is 11.7. The molecule has 0 bridgehead atoms. The van der Waals surface area contributed by atoms with Crippen LogP contribution in [0.15, 0.2) is 47.6 Å². The third kappa shape index (κ3) is 4.34. The number of sulfone groups is 1. The molecule has 140 valence electrons. The first kappa shape index (κ1) is 18.7. The van der Waals surface area contributed by atoms with Gasteiger partial charge >= 0.3 is 0 Å². The van der Waals surface area contributed by atoms with Gasteiger partial charge in [-0.1, -0.05) is 0 Å². The Labute approximate surface area is 155 Å². The second kappa shape index (κ2) is 7.63. The Morgan fingerprint density at radius 1 is 1.19 bits per heavy atom. The highest BCUT2D eigenvalue weighted by atomic mass is 32.2. The van der Waals surface area contributed by atoms with E-state index < -0.39 is 9.84 Å². The zero-order valence-electron chi connectivity index (χ0n) is 15.3. The lowest BCUT2D eigenvalue weighted by Gasteiger charge is -2.38. The van der Waals surface area contributed by atoms with Gasteiger partial charge in [-0.15, -0.1) is 0 Å². The van der Waals surface area contributed by atoms with E-state index in [2.05, 4.69) is 34.0 Å². The van der Waals surface area contributed by atoms with Crippen molar-refractivity contribution in [1.82, 2.24) is 9.88 Å². The van der Waals surface area contributed by atoms with Crippen LogP contribution in [-0.2, 0) is 16.4 Å². The van der Waals surface area contributed by atoms with Gasteiger partial charge in [0.2, 0.25) is 0 Å². The van der Waals surface area contributed by atoms with Gasteiger partial charge in [0.1, 0.15) is 0 Å². The first-order chi connectivity index (χ1) is 12.3. The highest BCUT2D eigenvalue weighted by molar-refractivity contribution is 7.90. The molecule has 0 unspecified atom stereocenters. The largest absolute Gasteiger partial charge is 0.397 e. The van der Waals surface area contributed by atoms with Crippen molar-refractivity contribution in [1.29, 1.82) is 0 Å². The molecular weight excluding hydrogens is 348 g/mol. The van der Waals surface area contributed by atoms with Crippen molar-refractivity contribution in [3.05, 3.63) is 48.3 Å². The zero-order chi connectivity index (χ0) is 18.7. The number of aromatic nitrogens is 1. The molecule has 0 atom stereocenters. The van der Waals surface area contributed by atoms with Crippen LogP contribution >= 0.6 is 0 Å². The average Bonchev–Trinajstić information content (AvgIpc) is 2.62. The molecule has 7 heteroatoms. The van der Waals surface area contributed by atoms with Gasteiger partial charge in [-0.25, -0.2) is 8.42 Å². The lowest BCUT2D eigenvalue weighted by Crippen LogP contribution is -2.43. The Morgan fingerprint density at radius 2 is 1.85 bits per heavy atom. The third-order valence-corrected chi connectivity index (χ3v) is 6.15. The lowest BCUT2D eigenvalue weighted by atomic mass is 10.0. The first-order valence-corrected chi connectivity index (χ1v) is 10.7. The van der Waals surface area contributed by atoms with Crippen LogP contribution in [0, 0.1) is 0 Å². The number of hydrogen-bond donors (Lipinski definition) is 1. The molecule has 0 spiro atoms. The number of anilines is 2. The second-order valence-corrected chi connectivity index (χ2v) is 9.00. The third-order valence-electron chi connectivity index (χ3n) is 5.04. The number of nitrogens with zero attached hydrogens (tertiary/aromatic N) is 3. The maximum Gasteiger partial charge on any atom is 0.175 e. The molecule has 2 N–H and O–H groups in total. The van der Waals surface area contributed by atoms with Crippen LogP contribution in [0.1, 0.15) is 18.4 Å². The summed E-state index contributed by atoms with van der Waals surface area (Å²) in [6, 6.07) is 9.66. The minimum atomic E-state index is -3.23. The molecule has 1 aliphatic heterocycles. The Kier molecular flexibility index (Phi) is 5.48. The fourth-order valence-corrected chi connectivity index (χ4v) is 4.16. The van der Waals surface area contributed by atoms with Gasteiger partial charge < -0.3 is 10.6 Å². The van der Waals surface area contributed by atoms with Gasteiger partial charge in [0, 0.05) is 44.3 Å². The summed E-state index contributed by atoms with van der Waals surface area (Å²) in [4.78, 5) is 8.97. The van der Waals surface area contributed by atoms with Crippen molar-refractivity contribution < 1.29 is 8.42 Å². The van der Waals surface area contributed by atoms with E-state index in [0.717, 1.165) is 38.2 Å². The number of nitrogen functional groups attached to an aromatic ring is 1. The second-order valence-electron chi connectivity index (χ2n) is 6.98. The Balaban J connectivity index is 1.61. The van der Waals surface area contributed by atoms with Gasteiger partial charge in [-0.3, -0.25) is 9.88 Å². The van der Waals surface area contributed by atoms with Gasteiger partial charge in [0.05, 0.1) is 16.3 Å². The van der Waals surface area contributed by atoms with Gasteiger partial charge in [-0.05, 0) is 55.8 Å². The van der Waals surface area contributed by atoms with Crippen molar-refractivity contribution >= 4 is 21.2 Å². The quantitative estimate of drug-likeness (QED) is 0.808. The zero-order valence-corrected chi connectivity index (χ0v) is 16.1. The van der Waals surface area contributed by atoms with Crippen molar-refractivity contribution in [2.24, 2.45) is 0 Å². The predicted molar refractivity (Wildman–Crippen MR) is 105 cm³/mol. The van der Waals surface area contributed by atoms with Crippen molar-refractivity contribution in [3.8, 4) is 0 Å². The molecule has 2 aromatic rings. The SMILES string of the molecule is CN(Cc1ccncc1)C1CCN(c2ccc(S(C)(=O)=O)cc2N)CC1. The molecule has 3 rings (SSSR count). The number of hydrogen-bond acceptors (Lipinski definition) is 6. The Hall–Kier alpha value is -2.12. The topological polar surface area (TPSA) is 79.5 Å². The monoisotopic (exact) mass is 374 g/mol. The molecular formula is C19H26N4O2S. The van der Waals surface area contributed by atoms with E-state index in [0.29, 0.717) is 11.7 Å². The highest BCUT2D eigenvalue weighted by Gasteiger charge is 2.24. The number of pyridine rings is 1. The van der Waals surface area contributed by atoms with E-state index >= 15 is 0 Å². The van der Waals surface area contributed by atoms with Crippen LogP contribution in [-0.4, -0.2) is 50.7 Å². The van der Waals surface area contributed by atoms with Crippen LogP contribution in [0.25, 0.3) is 0 Å². The number of piperidine rings is 1. The normalized spacial score (nSPS) is 16.2. The minimum absolute atomic E-state index is 0.269. The highest BCUT2D eigenvalue weighted by Crippen LogP contribution is 2.29. The molecule has 1 aromatic heterocycles. The molecule has 1 fully saturated rings. The number of benzene rings is 1. The van der Waals surface area contributed by atoms with Crippen molar-refractivity contribution in [3.63, 3.8) is 0 Å². The van der Waals surface area contributed by atoms with Gasteiger partial charge in [-0.2, -0.15) is 0 Å². The average molecular weight is 375 g/mol. The van der Waals surface area contributed by atoms with E-state index in [1.165, 1.54) is 11.8 Å². The summed E-state index contributed by atoms with van der Waals surface area (Å²) in [6.07, 6.45) is 6.96. The fraction of sp³-hybridized carbons (Fsp3) is 0.421. The molecule has 1 aromatic carbocycles. The molecule has 26 heavy (non-hydrogen) atoms. The van der Waals surface area contributed by atoms with Crippen LogP contribution in [0.4, 0.5) is 11.4 Å². The lowest BCUT2D eigenvalue weighted by molar-refractivity contribution is 0.200. The summed E-state index contributed by atoms with van der Waals surface area (Å²) in [5.41, 5.74) is 8.84. The standard InChI is InChI=1S/C19H26N4O2S/c1-22(14-15-5-9-21-10-6-15)16-7-11-23(12-8-16)19-4-3-17(13-18(19)20)26(2,24)25/h3-6,9-10,13,16H,7-8,11-12,14,20H2,1-2H3. The summed E-state index contributed by atoms with van der Waals surface area (Å²) >= 11 is 0. The first-order valence-electron chi connectivity index (χ1n) is 8.78. The van der Waals surface area contributed by atoms with E-state index in [-0.39, 0.29) is 4.90 Å². The maximum absolute atomic E-state index is 11.7. The molecule has 1 saturated heterocycles. The fourth-order valence-electron chi connectivity index (χ4n) is 3.50. The minimum Gasteiger partial charge on any atom is -0.397 e. The van der Waals surface area contributed by atoms with Crippen LogP contribution in [0.3, 0.4) is 0 Å². The van der Waals surface area contributed by atoms with Crippen LogP contribution in [0.5, 0.6) is 0 Å². The molecule has 0 aliphatic carbocycles. The Morgan fingerprint density at radius 3 is 2.42 bits per heavy atom. The van der Waals surface area contributed by atoms with Crippen LogP contribution < -0.4 is 10.6 Å². The Bertz CT molecular complexity index is 847. The molecule has 0 radical (unpaired) electrons. The molecule has 6 nitrogen and oxygen atoms in total. The summed E-state index contributed by atoms with van der Waals surface area (Å²) in [7, 11) is -1.07. The number of rotatable bonds is 5. The molecule has 1 aliphatic rings. The van der Waals surface area contributed by atoms with Crippen molar-refractivity contribution in [2.75, 3.05) is 37.0 Å². The summed E-state index contributed by atoms with van der Waals surface area (Å²) in [5, 5.41) is 0. The summed E-state index contributed by atoms with van der Waals surface area (Å²) < 4.78 is 23.3. The van der Waals surface area contributed by atoms with Crippen molar-refractivity contribution in [2.45, 2.75) is 30.3 Å². The van der Waals surface area contributed by atoms with E-state index in [1.54, 1.807) is 12.1 Å². The molecule has 0 saturated carbocycles. The number of nitrogens with two attached hydrogens (primary N) is 1. The van der Waals surface area contributed by atoms with E-state index in [1.807, 2.05) is 18.5 Å². The summed E-state index contributed by atoms with van der Waals surface area (Å²) in [6.45, 7) is 2.74.